The summed E-state index contributed by atoms with van der Waals surface area (Å²) in [5, 5.41) is 2.61. The van der Waals surface area contributed by atoms with E-state index in [1.54, 1.807) is 33.0 Å². The van der Waals surface area contributed by atoms with Crippen LogP contribution < -0.4 is 5.32 Å². The molecule has 0 bridgehead atoms. The SMILES string of the molecule is CC(C)(C)OC(=O)Nc1ccncc1CCOS(C)(=O)=O. The molecule has 0 radical (unpaired) electrons. The summed E-state index contributed by atoms with van der Waals surface area (Å²) in [4.78, 5) is 15.7. The highest BCUT2D eigenvalue weighted by molar-refractivity contribution is 7.85. The minimum absolute atomic E-state index is 0.0203. The number of nitrogens with one attached hydrogen (secondary N) is 1. The van der Waals surface area contributed by atoms with Gasteiger partial charge in [-0.15, -0.1) is 0 Å². The van der Waals surface area contributed by atoms with Crippen molar-refractivity contribution in [3.63, 3.8) is 0 Å². The molecule has 0 atom stereocenters. The minimum atomic E-state index is -3.49. The number of aromatic nitrogens is 1. The van der Waals surface area contributed by atoms with Crippen LogP contribution in [-0.4, -0.2) is 38.0 Å². The molecule has 0 aliphatic rings. The highest BCUT2D eigenvalue weighted by Gasteiger charge is 2.17. The number of nitrogens with zero attached hydrogens (tertiary/aromatic N) is 1. The van der Waals surface area contributed by atoms with Crippen LogP contribution in [0, 0.1) is 0 Å². The van der Waals surface area contributed by atoms with Gasteiger partial charge in [-0.1, -0.05) is 0 Å². The number of hydrogen-bond donors (Lipinski definition) is 1. The first kappa shape index (κ1) is 17.4. The second-order valence-corrected chi connectivity index (χ2v) is 7.08. The molecule has 0 aromatic carbocycles. The Balaban J connectivity index is 2.69. The van der Waals surface area contributed by atoms with Crippen LogP contribution in [0.2, 0.25) is 0 Å². The zero-order valence-electron chi connectivity index (χ0n) is 12.5. The van der Waals surface area contributed by atoms with Crippen molar-refractivity contribution < 1.29 is 22.1 Å². The van der Waals surface area contributed by atoms with E-state index in [0.29, 0.717) is 17.7 Å². The van der Waals surface area contributed by atoms with Crippen LogP contribution in [0.5, 0.6) is 0 Å². The molecule has 8 heteroatoms. The molecular weight excluding hydrogens is 296 g/mol. The van der Waals surface area contributed by atoms with Gasteiger partial charge in [0.25, 0.3) is 10.1 Å². The van der Waals surface area contributed by atoms with Gasteiger partial charge in [0.05, 0.1) is 18.6 Å². The first-order valence-corrected chi connectivity index (χ1v) is 8.16. The first-order chi connectivity index (χ1) is 9.57. The maximum absolute atomic E-state index is 11.7. The molecule has 0 aliphatic carbocycles. The molecule has 21 heavy (non-hydrogen) atoms. The third-order valence-electron chi connectivity index (χ3n) is 2.21. The lowest BCUT2D eigenvalue weighted by Crippen LogP contribution is -2.27. The average molecular weight is 316 g/mol. The van der Waals surface area contributed by atoms with Crippen molar-refractivity contribution in [2.45, 2.75) is 32.8 Å². The fraction of sp³-hybridized carbons (Fsp3) is 0.538. The average Bonchev–Trinajstić information content (AvgIpc) is 2.27. The molecule has 0 aliphatic heterocycles. The van der Waals surface area contributed by atoms with Gasteiger partial charge in [-0.05, 0) is 32.4 Å². The number of pyridine rings is 1. The summed E-state index contributed by atoms with van der Waals surface area (Å²) in [6, 6.07) is 1.61. The predicted molar refractivity (Wildman–Crippen MR) is 78.6 cm³/mol. The molecule has 7 nitrogen and oxygen atoms in total. The molecule has 1 amide bonds. The highest BCUT2D eigenvalue weighted by Crippen LogP contribution is 2.16. The molecular formula is C13H20N2O5S. The lowest BCUT2D eigenvalue weighted by atomic mass is 10.2. The molecule has 0 fully saturated rings. The van der Waals surface area contributed by atoms with Crippen molar-refractivity contribution in [1.82, 2.24) is 4.98 Å². The Labute approximate surface area is 124 Å². The summed E-state index contributed by atoms with van der Waals surface area (Å²) in [6.07, 6.45) is 3.76. The van der Waals surface area contributed by atoms with Crippen LogP contribution in [0.25, 0.3) is 0 Å². The van der Waals surface area contributed by atoms with Crippen molar-refractivity contribution in [2.75, 3.05) is 18.2 Å². The minimum Gasteiger partial charge on any atom is -0.444 e. The van der Waals surface area contributed by atoms with Gasteiger partial charge in [0, 0.05) is 18.8 Å². The summed E-state index contributed by atoms with van der Waals surface area (Å²) < 4.78 is 31.7. The van der Waals surface area contributed by atoms with Gasteiger partial charge in [-0.2, -0.15) is 8.42 Å². The number of carbonyl (C=O) groups excluding carboxylic acids is 1. The quantitative estimate of drug-likeness (QED) is 0.834. The normalized spacial score (nSPS) is 12.0. The largest absolute Gasteiger partial charge is 0.444 e. The van der Waals surface area contributed by atoms with Crippen molar-refractivity contribution in [1.29, 1.82) is 0 Å². The van der Waals surface area contributed by atoms with Crippen LogP contribution in [0.1, 0.15) is 26.3 Å². The maximum atomic E-state index is 11.7. The topological polar surface area (TPSA) is 94.6 Å². The lowest BCUT2D eigenvalue weighted by Gasteiger charge is -2.20. The summed E-state index contributed by atoms with van der Waals surface area (Å²) in [5.41, 5.74) is 0.569. The Kier molecular flexibility index (Phi) is 5.68. The molecule has 1 rings (SSSR count). The van der Waals surface area contributed by atoms with E-state index in [-0.39, 0.29) is 6.61 Å². The smallest absolute Gasteiger partial charge is 0.412 e. The Morgan fingerprint density at radius 3 is 2.62 bits per heavy atom. The number of rotatable bonds is 5. The molecule has 1 N–H and O–H groups in total. The van der Waals surface area contributed by atoms with E-state index in [9.17, 15) is 13.2 Å². The van der Waals surface area contributed by atoms with E-state index < -0.39 is 21.8 Å². The Morgan fingerprint density at radius 2 is 2.05 bits per heavy atom. The Bertz CT molecular complexity index is 593. The number of anilines is 1. The summed E-state index contributed by atoms with van der Waals surface area (Å²) >= 11 is 0. The van der Waals surface area contributed by atoms with Crippen molar-refractivity contribution >= 4 is 21.9 Å². The van der Waals surface area contributed by atoms with Crippen LogP contribution >= 0.6 is 0 Å². The van der Waals surface area contributed by atoms with E-state index in [4.69, 9.17) is 4.74 Å². The molecule has 1 aromatic rings. The first-order valence-electron chi connectivity index (χ1n) is 6.34. The van der Waals surface area contributed by atoms with Crippen molar-refractivity contribution in [3.05, 3.63) is 24.0 Å². The van der Waals surface area contributed by atoms with Gasteiger partial charge in [-0.3, -0.25) is 14.5 Å². The zero-order valence-corrected chi connectivity index (χ0v) is 13.4. The van der Waals surface area contributed by atoms with Gasteiger partial charge in [0.1, 0.15) is 5.60 Å². The fourth-order valence-electron chi connectivity index (χ4n) is 1.46. The second kappa shape index (κ2) is 6.86. The van der Waals surface area contributed by atoms with Crippen molar-refractivity contribution in [3.8, 4) is 0 Å². The summed E-state index contributed by atoms with van der Waals surface area (Å²) in [5.74, 6) is 0. The number of ether oxygens (including phenoxy) is 1. The van der Waals surface area contributed by atoms with Gasteiger partial charge in [-0.25, -0.2) is 4.79 Å². The lowest BCUT2D eigenvalue weighted by molar-refractivity contribution is 0.0635. The third-order valence-corrected chi connectivity index (χ3v) is 2.80. The van der Waals surface area contributed by atoms with Gasteiger partial charge < -0.3 is 4.74 Å². The van der Waals surface area contributed by atoms with Crippen LogP contribution in [0.3, 0.4) is 0 Å². The van der Waals surface area contributed by atoms with Gasteiger partial charge in [0.2, 0.25) is 0 Å². The van der Waals surface area contributed by atoms with Crippen LogP contribution in [-0.2, 0) is 25.5 Å². The van der Waals surface area contributed by atoms with E-state index in [0.717, 1.165) is 6.26 Å². The zero-order chi connectivity index (χ0) is 16.1. The molecule has 1 aromatic heterocycles. The second-order valence-electron chi connectivity index (χ2n) is 5.44. The van der Waals surface area contributed by atoms with Crippen LogP contribution in [0.4, 0.5) is 10.5 Å². The third kappa shape index (κ3) is 7.62. The number of carbonyl (C=O) groups is 1. The van der Waals surface area contributed by atoms with Gasteiger partial charge >= 0.3 is 6.09 Å². The van der Waals surface area contributed by atoms with E-state index >= 15 is 0 Å². The molecule has 0 saturated carbocycles. The Hall–Kier alpha value is -1.67. The molecule has 0 unspecified atom stereocenters. The fourth-order valence-corrected chi connectivity index (χ4v) is 1.85. The van der Waals surface area contributed by atoms with E-state index in [1.807, 2.05) is 0 Å². The maximum Gasteiger partial charge on any atom is 0.412 e. The van der Waals surface area contributed by atoms with E-state index in [1.165, 1.54) is 6.20 Å². The monoisotopic (exact) mass is 316 g/mol. The van der Waals surface area contributed by atoms with E-state index in [2.05, 4.69) is 14.5 Å². The van der Waals surface area contributed by atoms with Crippen molar-refractivity contribution in [2.24, 2.45) is 0 Å². The molecule has 0 spiro atoms. The predicted octanol–water partition coefficient (Wildman–Crippen LogP) is 1.95. The number of hydrogen-bond acceptors (Lipinski definition) is 6. The van der Waals surface area contributed by atoms with Gasteiger partial charge in [0.15, 0.2) is 0 Å². The standard InChI is InChI=1S/C13H20N2O5S/c1-13(2,3)20-12(16)15-11-5-7-14-9-10(11)6-8-19-21(4,17)18/h5,7,9H,6,8H2,1-4H3,(H,14,15,16). The summed E-state index contributed by atoms with van der Waals surface area (Å²) in [6.45, 7) is 5.27. The Morgan fingerprint density at radius 1 is 1.38 bits per heavy atom. The molecule has 0 saturated heterocycles. The molecule has 118 valence electrons. The summed E-state index contributed by atoms with van der Waals surface area (Å²) in [7, 11) is -3.49. The highest BCUT2D eigenvalue weighted by atomic mass is 32.2. The molecule has 1 heterocycles. The van der Waals surface area contributed by atoms with Crippen LogP contribution in [0.15, 0.2) is 18.5 Å². The number of amides is 1.